The smallest absolute Gasteiger partial charge is 0.284 e. The van der Waals surface area contributed by atoms with E-state index in [1.54, 1.807) is 30.3 Å². The zero-order valence-electron chi connectivity index (χ0n) is 10.5. The average Bonchev–Trinajstić information content (AvgIpc) is 2.36. The molecule has 0 saturated carbocycles. The van der Waals surface area contributed by atoms with Crippen LogP contribution in [0.2, 0.25) is 0 Å². The molecule has 0 aliphatic rings. The predicted octanol–water partition coefficient (Wildman–Crippen LogP) is 3.51. The highest BCUT2D eigenvalue weighted by Crippen LogP contribution is 2.34. The topological polar surface area (TPSA) is 24.1 Å². The molecule has 0 atom stereocenters. The van der Waals surface area contributed by atoms with Gasteiger partial charge >= 0.3 is 6.18 Å². The number of aromatic nitrogens is 1. The Bertz CT molecular complexity index is 606. The molecule has 0 aliphatic heterocycles. The number of hydrogen-bond donors (Lipinski definition) is 1. The van der Waals surface area contributed by atoms with Gasteiger partial charge in [0.05, 0.1) is 11.1 Å². The van der Waals surface area contributed by atoms with Crippen LogP contribution in [-0.2, 0) is 6.18 Å². The zero-order valence-corrected chi connectivity index (χ0v) is 10.5. The molecule has 1 heterocycles. The Hall–Kier alpha value is -2.04. The van der Waals surface area contributed by atoms with Crippen LogP contribution in [-0.4, -0.2) is 5.21 Å². The molecule has 2 rings (SSSR count). The molecule has 19 heavy (non-hydrogen) atoms. The lowest BCUT2D eigenvalue weighted by atomic mass is 10.0. The molecule has 0 fully saturated rings. The Morgan fingerprint density at radius 2 is 1.63 bits per heavy atom. The number of pyridine rings is 1. The van der Waals surface area contributed by atoms with Crippen molar-refractivity contribution in [1.29, 1.82) is 0 Å². The van der Waals surface area contributed by atoms with Crippen LogP contribution in [0.3, 0.4) is 0 Å². The van der Waals surface area contributed by atoms with Crippen LogP contribution in [0.1, 0.15) is 16.8 Å². The summed E-state index contributed by atoms with van der Waals surface area (Å²) in [7, 11) is 0. The molecule has 1 N–H and O–H groups in total. The summed E-state index contributed by atoms with van der Waals surface area (Å²) in [4.78, 5) is 0. The second-order valence-electron chi connectivity index (χ2n) is 4.33. The fourth-order valence-electron chi connectivity index (χ4n) is 1.95. The van der Waals surface area contributed by atoms with Gasteiger partial charge in [-0.25, -0.2) is 0 Å². The largest absolute Gasteiger partial charge is 0.417 e. The Labute approximate surface area is 108 Å². The molecule has 2 aromatic rings. The van der Waals surface area contributed by atoms with Gasteiger partial charge in [0.2, 0.25) is 5.69 Å². The van der Waals surface area contributed by atoms with Gasteiger partial charge in [-0.15, -0.1) is 0 Å². The second-order valence-corrected chi connectivity index (χ2v) is 4.33. The van der Waals surface area contributed by atoms with Crippen molar-refractivity contribution >= 4 is 0 Å². The zero-order chi connectivity index (χ0) is 14.2. The van der Waals surface area contributed by atoms with Crippen molar-refractivity contribution in [2.45, 2.75) is 20.0 Å². The molecular formula is C14H13F3NO+. The first-order valence-corrected chi connectivity index (χ1v) is 5.70. The van der Waals surface area contributed by atoms with Crippen LogP contribution in [0.5, 0.6) is 0 Å². The molecule has 2 nitrogen and oxygen atoms in total. The highest BCUT2D eigenvalue weighted by atomic mass is 19.4. The molecule has 0 saturated heterocycles. The van der Waals surface area contributed by atoms with Gasteiger partial charge in [-0.1, -0.05) is 18.2 Å². The third kappa shape index (κ3) is 2.41. The fraction of sp³-hybridized carbons (Fsp3) is 0.214. The van der Waals surface area contributed by atoms with Gasteiger partial charge in [0.15, 0.2) is 0 Å². The molecule has 0 unspecified atom stereocenters. The van der Waals surface area contributed by atoms with Crippen molar-refractivity contribution in [1.82, 2.24) is 0 Å². The van der Waals surface area contributed by atoms with E-state index >= 15 is 0 Å². The number of halogens is 3. The van der Waals surface area contributed by atoms with E-state index < -0.39 is 11.7 Å². The minimum atomic E-state index is -4.44. The van der Waals surface area contributed by atoms with E-state index in [0.717, 1.165) is 10.8 Å². The van der Waals surface area contributed by atoms with Crippen LogP contribution in [0.15, 0.2) is 36.4 Å². The summed E-state index contributed by atoms with van der Waals surface area (Å²) in [5, 5.41) is 9.97. The van der Waals surface area contributed by atoms with E-state index in [1.807, 2.05) is 0 Å². The first-order valence-electron chi connectivity index (χ1n) is 5.70. The lowest BCUT2D eigenvalue weighted by Crippen LogP contribution is -2.38. The molecule has 1 aromatic heterocycles. The molecule has 100 valence electrons. The van der Waals surface area contributed by atoms with E-state index in [1.165, 1.54) is 13.8 Å². The lowest BCUT2D eigenvalue weighted by Gasteiger charge is -2.11. The molecule has 0 radical (unpaired) electrons. The summed E-state index contributed by atoms with van der Waals surface area (Å²) >= 11 is 0. The quantitative estimate of drug-likeness (QED) is 0.621. The van der Waals surface area contributed by atoms with Crippen LogP contribution < -0.4 is 4.73 Å². The van der Waals surface area contributed by atoms with Crippen LogP contribution in [0, 0.1) is 13.8 Å². The number of nitrogens with zero attached hydrogens (tertiary/aromatic N) is 1. The molecule has 0 spiro atoms. The van der Waals surface area contributed by atoms with Crippen LogP contribution in [0.25, 0.3) is 11.3 Å². The molecule has 0 aliphatic carbocycles. The van der Waals surface area contributed by atoms with Crippen molar-refractivity contribution in [2.75, 3.05) is 0 Å². The van der Waals surface area contributed by atoms with Gasteiger partial charge < -0.3 is 0 Å². The summed E-state index contributed by atoms with van der Waals surface area (Å²) in [5.74, 6) is 0. The molecular weight excluding hydrogens is 255 g/mol. The van der Waals surface area contributed by atoms with Crippen molar-refractivity contribution in [2.24, 2.45) is 0 Å². The maximum absolute atomic E-state index is 13.0. The summed E-state index contributed by atoms with van der Waals surface area (Å²) in [5.41, 5.74) is 0.118. The van der Waals surface area contributed by atoms with Crippen LogP contribution in [0.4, 0.5) is 13.2 Å². The molecule has 0 bridgehead atoms. The maximum Gasteiger partial charge on any atom is 0.417 e. The van der Waals surface area contributed by atoms with E-state index in [4.69, 9.17) is 0 Å². The van der Waals surface area contributed by atoms with Gasteiger partial charge in [0.1, 0.15) is 0 Å². The number of rotatable bonds is 1. The van der Waals surface area contributed by atoms with E-state index in [2.05, 4.69) is 0 Å². The monoisotopic (exact) mass is 268 g/mol. The third-order valence-corrected chi connectivity index (χ3v) is 3.15. The summed E-state index contributed by atoms with van der Waals surface area (Å²) < 4.78 is 39.7. The number of alkyl halides is 3. The fourth-order valence-corrected chi connectivity index (χ4v) is 1.95. The first kappa shape index (κ1) is 13.4. The molecule has 5 heteroatoms. The number of hydrogen-bond acceptors (Lipinski definition) is 1. The van der Waals surface area contributed by atoms with E-state index in [-0.39, 0.29) is 17.0 Å². The van der Waals surface area contributed by atoms with Gasteiger partial charge in [-0.3, -0.25) is 5.21 Å². The Balaban J connectivity index is 2.73. The summed E-state index contributed by atoms with van der Waals surface area (Å²) in [6.07, 6.45) is -4.44. The highest BCUT2D eigenvalue weighted by Gasteiger charge is 2.37. The normalized spacial score (nSPS) is 11.6. The third-order valence-electron chi connectivity index (χ3n) is 3.15. The van der Waals surface area contributed by atoms with Gasteiger partial charge in [-0.2, -0.15) is 13.2 Å². The Morgan fingerprint density at radius 3 is 2.16 bits per heavy atom. The SMILES string of the molecule is Cc1c(C(F)(F)F)cc(-c2ccccc2)[n+](O)c1C. The van der Waals surface area contributed by atoms with Crippen molar-refractivity contribution < 1.29 is 23.1 Å². The highest BCUT2D eigenvalue weighted by molar-refractivity contribution is 5.57. The van der Waals surface area contributed by atoms with Crippen molar-refractivity contribution in [3.63, 3.8) is 0 Å². The summed E-state index contributed by atoms with van der Waals surface area (Å²) in [6.45, 7) is 2.80. The minimum Gasteiger partial charge on any atom is -0.284 e. The van der Waals surface area contributed by atoms with Gasteiger partial charge in [0, 0.05) is 23.3 Å². The van der Waals surface area contributed by atoms with Gasteiger partial charge in [-0.05, 0) is 19.1 Å². The molecule has 0 amide bonds. The van der Waals surface area contributed by atoms with E-state index in [9.17, 15) is 18.4 Å². The van der Waals surface area contributed by atoms with Crippen molar-refractivity contribution in [3.8, 4) is 11.3 Å². The van der Waals surface area contributed by atoms with Crippen LogP contribution >= 0.6 is 0 Å². The van der Waals surface area contributed by atoms with Gasteiger partial charge in [0.25, 0.3) is 5.69 Å². The average molecular weight is 268 g/mol. The maximum atomic E-state index is 13.0. The predicted molar refractivity (Wildman–Crippen MR) is 63.7 cm³/mol. The Kier molecular flexibility index (Phi) is 3.22. The van der Waals surface area contributed by atoms with Crippen molar-refractivity contribution in [3.05, 3.63) is 53.2 Å². The number of benzene rings is 1. The standard InChI is InChI=1S/C14H13F3NO/c1-9-10(2)18(19)13(8-12(9)14(15,16)17)11-6-4-3-5-7-11/h3-8,19H,1-2H3/q+1. The minimum absolute atomic E-state index is 0.0229. The van der Waals surface area contributed by atoms with E-state index in [0.29, 0.717) is 5.56 Å². The Morgan fingerprint density at radius 1 is 1.05 bits per heavy atom. The summed E-state index contributed by atoms with van der Waals surface area (Å²) in [6, 6.07) is 9.44. The lowest BCUT2D eigenvalue weighted by molar-refractivity contribution is -0.900. The molecule has 1 aromatic carbocycles. The second kappa shape index (κ2) is 4.57. The first-order chi connectivity index (χ1) is 8.82.